The fraction of sp³-hybridized carbons (Fsp3) is 0.300. The van der Waals surface area contributed by atoms with Crippen molar-refractivity contribution in [3.63, 3.8) is 0 Å². The lowest BCUT2D eigenvalue weighted by molar-refractivity contribution is 0.0753. The van der Waals surface area contributed by atoms with Gasteiger partial charge in [-0.2, -0.15) is 0 Å². The zero-order valence-electron chi connectivity index (χ0n) is 14.4. The Balaban J connectivity index is 1.67. The molecule has 1 aliphatic heterocycles. The molecule has 0 saturated carbocycles. The molecular weight excluding hydrogens is 332 g/mol. The number of hydrogen-bond acceptors (Lipinski definition) is 5. The van der Waals surface area contributed by atoms with Crippen molar-refractivity contribution in [3.05, 3.63) is 59.7 Å². The molecule has 26 heavy (non-hydrogen) atoms. The molecule has 0 aromatic heterocycles. The molecule has 1 saturated heterocycles. The largest absolute Gasteiger partial charge is 0.508 e. The van der Waals surface area contributed by atoms with Gasteiger partial charge in [0, 0.05) is 12.6 Å². The number of phenolic OH excluding ortho intramolecular Hbond substituents is 2. The van der Waals surface area contributed by atoms with Gasteiger partial charge in [-0.25, -0.2) is 0 Å². The summed E-state index contributed by atoms with van der Waals surface area (Å²) in [4.78, 5) is 14.3. The minimum atomic E-state index is -0.443. The second kappa shape index (κ2) is 7.91. The average Bonchev–Trinajstić information content (AvgIpc) is 2.96. The molecule has 1 amide bonds. The van der Waals surface area contributed by atoms with Crippen LogP contribution in [-0.4, -0.2) is 46.1 Å². The number of rotatable bonds is 4. The highest BCUT2D eigenvalue weighted by Gasteiger charge is 2.34. The van der Waals surface area contributed by atoms with E-state index in [-0.39, 0.29) is 35.5 Å². The van der Waals surface area contributed by atoms with E-state index in [0.717, 1.165) is 24.5 Å². The summed E-state index contributed by atoms with van der Waals surface area (Å²) in [7, 11) is 0. The third-order valence-corrected chi connectivity index (χ3v) is 4.47. The van der Waals surface area contributed by atoms with E-state index in [2.05, 4.69) is 0 Å². The quantitative estimate of drug-likeness (QED) is 0.572. The van der Waals surface area contributed by atoms with Gasteiger partial charge in [0.05, 0.1) is 5.56 Å². The van der Waals surface area contributed by atoms with Gasteiger partial charge in [-0.15, -0.1) is 0 Å². The van der Waals surface area contributed by atoms with Gasteiger partial charge in [0.1, 0.15) is 24.1 Å². The molecule has 136 valence electrons. The van der Waals surface area contributed by atoms with Crippen molar-refractivity contribution in [2.24, 2.45) is 0 Å². The minimum Gasteiger partial charge on any atom is -0.508 e. The molecule has 1 atom stereocenters. The molecule has 3 rings (SSSR count). The predicted octanol–water partition coefficient (Wildman–Crippen LogP) is 3.14. The number of phenols is 2. The van der Waals surface area contributed by atoms with Crippen LogP contribution in [0.4, 0.5) is 0 Å². The number of nitrogens with zero attached hydrogens (tertiary/aromatic N) is 1. The lowest BCUT2D eigenvalue weighted by atomic mass is 10.1. The van der Waals surface area contributed by atoms with Gasteiger partial charge in [-0.1, -0.05) is 30.4 Å². The summed E-state index contributed by atoms with van der Waals surface area (Å²) < 4.78 is 5.62. The number of carbonyl (C=O) groups is 1. The number of nitrogens with one attached hydrogen (secondary N) is 1. The standard InChI is InChI=1S/C20H22N2O4/c21-19(26-13-14-6-3-1-2-4-7-14)17-8-5-11-22(17)20(25)16-10-9-15(23)12-18(16)24/h1,3-4,6-7,9-10,12,17,21,23-24H,2,5,8,11,13H2/t17-/m1/s1. The van der Waals surface area contributed by atoms with Gasteiger partial charge in [0.25, 0.3) is 5.91 Å². The van der Waals surface area contributed by atoms with Crippen LogP contribution in [0.15, 0.2) is 54.2 Å². The fourth-order valence-electron chi connectivity index (χ4n) is 3.12. The molecule has 0 bridgehead atoms. The zero-order chi connectivity index (χ0) is 18.5. The lowest BCUT2D eigenvalue weighted by Crippen LogP contribution is -2.41. The summed E-state index contributed by atoms with van der Waals surface area (Å²) in [6, 6.07) is 3.44. The first-order valence-corrected chi connectivity index (χ1v) is 8.62. The van der Waals surface area contributed by atoms with Crippen LogP contribution in [0.2, 0.25) is 0 Å². The van der Waals surface area contributed by atoms with Gasteiger partial charge in [0.2, 0.25) is 5.90 Å². The Morgan fingerprint density at radius 1 is 1.31 bits per heavy atom. The Hall–Kier alpha value is -3.02. The molecule has 1 aromatic carbocycles. The number of benzene rings is 1. The van der Waals surface area contributed by atoms with Crippen LogP contribution in [0, 0.1) is 5.41 Å². The number of allylic oxidation sites excluding steroid dienone is 4. The molecule has 1 fully saturated rings. The van der Waals surface area contributed by atoms with Crippen LogP contribution in [0.25, 0.3) is 0 Å². The van der Waals surface area contributed by atoms with Gasteiger partial charge in [-0.05, 0) is 37.0 Å². The summed E-state index contributed by atoms with van der Waals surface area (Å²) in [6.45, 7) is 0.781. The molecule has 0 radical (unpaired) electrons. The zero-order valence-corrected chi connectivity index (χ0v) is 14.4. The van der Waals surface area contributed by atoms with Gasteiger partial charge in [0.15, 0.2) is 0 Å². The molecule has 3 N–H and O–H groups in total. The summed E-state index contributed by atoms with van der Waals surface area (Å²) in [5, 5.41) is 27.6. The number of likely N-dealkylation sites (tertiary alicyclic amines) is 1. The van der Waals surface area contributed by atoms with Crippen molar-refractivity contribution in [3.8, 4) is 11.5 Å². The second-order valence-corrected chi connectivity index (χ2v) is 6.32. The van der Waals surface area contributed by atoms with Crippen molar-refractivity contribution in [1.29, 1.82) is 5.41 Å². The van der Waals surface area contributed by atoms with Gasteiger partial charge >= 0.3 is 0 Å². The number of ether oxygens (including phenoxy) is 1. The third kappa shape index (κ3) is 3.96. The maximum Gasteiger partial charge on any atom is 0.258 e. The van der Waals surface area contributed by atoms with E-state index in [1.54, 1.807) is 4.90 Å². The highest BCUT2D eigenvalue weighted by Crippen LogP contribution is 2.28. The highest BCUT2D eigenvalue weighted by molar-refractivity contribution is 5.99. The number of carbonyl (C=O) groups excluding carboxylic acids is 1. The summed E-state index contributed by atoms with van der Waals surface area (Å²) in [6.07, 6.45) is 12.2. The second-order valence-electron chi connectivity index (χ2n) is 6.32. The normalized spacial score (nSPS) is 19.2. The first kappa shape index (κ1) is 17.8. The number of hydrogen-bond donors (Lipinski definition) is 3. The van der Waals surface area contributed by atoms with E-state index in [9.17, 15) is 15.0 Å². The smallest absolute Gasteiger partial charge is 0.258 e. The molecule has 1 aliphatic carbocycles. The van der Waals surface area contributed by atoms with Crippen LogP contribution in [0.1, 0.15) is 29.6 Å². The van der Waals surface area contributed by atoms with Crippen molar-refractivity contribution >= 4 is 11.8 Å². The predicted molar refractivity (Wildman–Crippen MR) is 98.5 cm³/mol. The van der Waals surface area contributed by atoms with Crippen molar-refractivity contribution in [1.82, 2.24) is 4.90 Å². The van der Waals surface area contributed by atoms with Crippen LogP contribution in [0.5, 0.6) is 11.5 Å². The van der Waals surface area contributed by atoms with Crippen LogP contribution in [0.3, 0.4) is 0 Å². The Labute approximate surface area is 152 Å². The Morgan fingerprint density at radius 2 is 2.15 bits per heavy atom. The molecule has 1 aromatic rings. The fourth-order valence-corrected chi connectivity index (χ4v) is 3.12. The first-order valence-electron chi connectivity index (χ1n) is 8.62. The lowest BCUT2D eigenvalue weighted by Gasteiger charge is -2.25. The maximum absolute atomic E-state index is 12.7. The monoisotopic (exact) mass is 354 g/mol. The number of aromatic hydroxyl groups is 2. The first-order chi connectivity index (χ1) is 12.6. The van der Waals surface area contributed by atoms with Crippen LogP contribution >= 0.6 is 0 Å². The number of amides is 1. The van der Waals surface area contributed by atoms with Crippen molar-refractivity contribution < 1.29 is 19.7 Å². The Morgan fingerprint density at radius 3 is 2.96 bits per heavy atom. The van der Waals surface area contributed by atoms with E-state index >= 15 is 0 Å². The minimum absolute atomic E-state index is 0.0524. The van der Waals surface area contributed by atoms with E-state index in [1.807, 2.05) is 30.4 Å². The molecule has 0 unspecified atom stereocenters. The molecule has 6 heteroatoms. The average molecular weight is 354 g/mol. The Kier molecular flexibility index (Phi) is 5.41. The van der Waals surface area contributed by atoms with Crippen molar-refractivity contribution in [2.75, 3.05) is 13.2 Å². The molecule has 1 heterocycles. The van der Waals surface area contributed by atoms with Crippen LogP contribution in [-0.2, 0) is 4.74 Å². The Bertz CT molecular complexity index is 795. The van der Waals surface area contributed by atoms with E-state index in [4.69, 9.17) is 10.1 Å². The highest BCUT2D eigenvalue weighted by atomic mass is 16.5. The molecule has 0 spiro atoms. The summed E-state index contributed by atoms with van der Waals surface area (Å²) in [5.74, 6) is -0.688. The van der Waals surface area contributed by atoms with E-state index < -0.39 is 6.04 Å². The van der Waals surface area contributed by atoms with Gasteiger partial charge in [-0.3, -0.25) is 10.2 Å². The summed E-state index contributed by atoms with van der Waals surface area (Å²) >= 11 is 0. The third-order valence-electron chi connectivity index (χ3n) is 4.47. The molecular formula is C20H22N2O4. The maximum atomic E-state index is 12.7. The summed E-state index contributed by atoms with van der Waals surface area (Å²) in [5.41, 5.74) is 1.08. The van der Waals surface area contributed by atoms with Gasteiger partial charge < -0.3 is 19.8 Å². The van der Waals surface area contributed by atoms with E-state index in [1.165, 1.54) is 12.1 Å². The SMILES string of the molecule is N=C(OCC1=CC=CCC=C1)[C@H]1CCCN1C(=O)c1ccc(O)cc1O. The molecule has 6 nitrogen and oxygen atoms in total. The van der Waals surface area contributed by atoms with Crippen molar-refractivity contribution in [2.45, 2.75) is 25.3 Å². The van der Waals surface area contributed by atoms with Crippen LogP contribution < -0.4 is 0 Å². The molecule has 2 aliphatic rings. The van der Waals surface area contributed by atoms with E-state index in [0.29, 0.717) is 13.0 Å². The topological polar surface area (TPSA) is 93.9 Å².